The fraction of sp³-hybridized carbons (Fsp3) is 0.938. The lowest BCUT2D eigenvalue weighted by molar-refractivity contribution is -0.129. The van der Waals surface area contributed by atoms with Crippen molar-refractivity contribution < 1.29 is 4.79 Å². The molecule has 18 heavy (non-hydrogen) atoms. The van der Waals surface area contributed by atoms with Crippen LogP contribution in [0, 0.1) is 5.92 Å². The van der Waals surface area contributed by atoms with Gasteiger partial charge in [-0.05, 0) is 39.3 Å². The predicted octanol–water partition coefficient (Wildman–Crippen LogP) is 4.04. The van der Waals surface area contributed by atoms with Crippen LogP contribution in [-0.4, -0.2) is 29.3 Å². The minimum atomic E-state index is -0.280. The molecule has 1 rings (SSSR count). The molecular weight excluding hydrogens is 222 g/mol. The Hall–Kier alpha value is -0.370. The van der Waals surface area contributed by atoms with Crippen molar-refractivity contribution in [2.45, 2.75) is 78.2 Å². The van der Waals surface area contributed by atoms with Crippen molar-refractivity contribution in [3.05, 3.63) is 0 Å². The Kier molecular flexibility index (Phi) is 6.34. The molecule has 2 nitrogen and oxygen atoms in total. The molecular formula is C16H31NO. The molecule has 0 aromatic carbocycles. The van der Waals surface area contributed by atoms with E-state index < -0.39 is 0 Å². The maximum absolute atomic E-state index is 12.4. The number of hydrogen-bond donors (Lipinski definition) is 0. The van der Waals surface area contributed by atoms with Crippen molar-refractivity contribution in [3.63, 3.8) is 0 Å². The standard InChI is InChI=1S/C16H31NO/c1-5-17(6-2)16(3,4)15(18)13-12-14-10-8-7-9-11-14/h14H,5-13H2,1-4H3. The summed E-state index contributed by atoms with van der Waals surface area (Å²) in [7, 11) is 0. The summed E-state index contributed by atoms with van der Waals surface area (Å²) in [6, 6.07) is 0. The second-order valence-corrected chi connectivity index (χ2v) is 6.20. The lowest BCUT2D eigenvalue weighted by Crippen LogP contribution is -2.49. The Labute approximate surface area is 113 Å². The molecule has 0 aliphatic heterocycles. The molecule has 0 N–H and O–H groups in total. The first-order valence-corrected chi connectivity index (χ1v) is 7.80. The van der Waals surface area contributed by atoms with E-state index in [2.05, 4.69) is 32.6 Å². The van der Waals surface area contributed by atoms with Gasteiger partial charge >= 0.3 is 0 Å². The molecule has 0 bridgehead atoms. The quantitative estimate of drug-likeness (QED) is 0.682. The van der Waals surface area contributed by atoms with Gasteiger partial charge in [-0.3, -0.25) is 9.69 Å². The zero-order valence-electron chi connectivity index (χ0n) is 12.8. The average molecular weight is 253 g/mol. The summed E-state index contributed by atoms with van der Waals surface area (Å²) >= 11 is 0. The van der Waals surface area contributed by atoms with Crippen molar-refractivity contribution in [1.29, 1.82) is 0 Å². The van der Waals surface area contributed by atoms with Crippen molar-refractivity contribution in [1.82, 2.24) is 4.90 Å². The van der Waals surface area contributed by atoms with Gasteiger partial charge in [-0.2, -0.15) is 0 Å². The molecule has 0 atom stereocenters. The SMILES string of the molecule is CCN(CC)C(C)(C)C(=O)CCC1CCCCC1. The van der Waals surface area contributed by atoms with Crippen LogP contribution in [0.25, 0.3) is 0 Å². The van der Waals surface area contributed by atoms with Gasteiger partial charge in [0.15, 0.2) is 5.78 Å². The topological polar surface area (TPSA) is 20.3 Å². The molecule has 1 aliphatic rings. The van der Waals surface area contributed by atoms with Crippen molar-refractivity contribution in [3.8, 4) is 0 Å². The number of nitrogens with zero attached hydrogens (tertiary/aromatic N) is 1. The number of carbonyl (C=O) groups is 1. The van der Waals surface area contributed by atoms with Crippen molar-refractivity contribution >= 4 is 5.78 Å². The number of rotatable bonds is 7. The van der Waals surface area contributed by atoms with Gasteiger partial charge in [-0.1, -0.05) is 46.0 Å². The molecule has 0 unspecified atom stereocenters. The Bertz CT molecular complexity index is 250. The minimum absolute atomic E-state index is 0.280. The molecule has 0 saturated heterocycles. The highest BCUT2D eigenvalue weighted by molar-refractivity contribution is 5.87. The molecule has 0 heterocycles. The van der Waals surface area contributed by atoms with Gasteiger partial charge in [0.25, 0.3) is 0 Å². The molecule has 1 aliphatic carbocycles. The first-order chi connectivity index (χ1) is 8.52. The lowest BCUT2D eigenvalue weighted by Gasteiger charge is -2.36. The van der Waals surface area contributed by atoms with Crippen LogP contribution in [0.1, 0.15) is 72.6 Å². The van der Waals surface area contributed by atoms with Gasteiger partial charge in [0, 0.05) is 6.42 Å². The van der Waals surface area contributed by atoms with E-state index in [1.165, 1.54) is 32.1 Å². The Morgan fingerprint density at radius 2 is 1.67 bits per heavy atom. The third-order valence-corrected chi connectivity index (χ3v) is 4.74. The van der Waals surface area contributed by atoms with E-state index in [-0.39, 0.29) is 5.54 Å². The fourth-order valence-corrected chi connectivity index (χ4v) is 3.31. The molecule has 0 radical (unpaired) electrons. The van der Waals surface area contributed by atoms with Crippen LogP contribution >= 0.6 is 0 Å². The van der Waals surface area contributed by atoms with Crippen LogP contribution in [-0.2, 0) is 4.79 Å². The summed E-state index contributed by atoms with van der Waals surface area (Å²) < 4.78 is 0. The Morgan fingerprint density at radius 3 is 2.17 bits per heavy atom. The van der Waals surface area contributed by atoms with Gasteiger partial charge in [0.05, 0.1) is 5.54 Å². The monoisotopic (exact) mass is 253 g/mol. The molecule has 1 saturated carbocycles. The molecule has 0 aromatic heterocycles. The summed E-state index contributed by atoms with van der Waals surface area (Å²) in [5, 5.41) is 0. The minimum Gasteiger partial charge on any atom is -0.298 e. The number of likely N-dealkylation sites (N-methyl/N-ethyl adjacent to an activating group) is 1. The van der Waals surface area contributed by atoms with Gasteiger partial charge in [-0.15, -0.1) is 0 Å². The third kappa shape index (κ3) is 4.08. The van der Waals surface area contributed by atoms with Gasteiger partial charge in [0.2, 0.25) is 0 Å². The zero-order chi connectivity index (χ0) is 13.6. The van der Waals surface area contributed by atoms with E-state index in [9.17, 15) is 4.79 Å². The van der Waals surface area contributed by atoms with Gasteiger partial charge in [-0.25, -0.2) is 0 Å². The van der Waals surface area contributed by atoms with E-state index in [0.29, 0.717) is 5.78 Å². The van der Waals surface area contributed by atoms with Crippen LogP contribution in [0.4, 0.5) is 0 Å². The molecule has 0 aromatic rings. The number of Topliss-reactive ketones (excluding diaryl/α,β-unsaturated/α-hetero) is 1. The highest BCUT2D eigenvalue weighted by atomic mass is 16.1. The summed E-state index contributed by atoms with van der Waals surface area (Å²) in [5.41, 5.74) is -0.280. The van der Waals surface area contributed by atoms with Crippen molar-refractivity contribution in [2.24, 2.45) is 5.92 Å². The van der Waals surface area contributed by atoms with E-state index in [0.717, 1.165) is 31.8 Å². The predicted molar refractivity (Wildman–Crippen MR) is 77.8 cm³/mol. The normalized spacial score (nSPS) is 18.3. The first-order valence-electron chi connectivity index (χ1n) is 7.80. The first kappa shape index (κ1) is 15.7. The summed E-state index contributed by atoms with van der Waals surface area (Å²) in [4.78, 5) is 14.7. The highest BCUT2D eigenvalue weighted by Gasteiger charge is 2.32. The van der Waals surface area contributed by atoms with Crippen LogP contribution in [0.3, 0.4) is 0 Å². The number of hydrogen-bond acceptors (Lipinski definition) is 2. The van der Waals surface area contributed by atoms with Crippen molar-refractivity contribution in [2.75, 3.05) is 13.1 Å². The third-order valence-electron chi connectivity index (χ3n) is 4.74. The maximum atomic E-state index is 12.4. The second kappa shape index (κ2) is 7.28. The number of ketones is 1. The van der Waals surface area contributed by atoms with Crippen LogP contribution in [0.15, 0.2) is 0 Å². The van der Waals surface area contributed by atoms with E-state index in [1.807, 2.05) is 0 Å². The van der Waals surface area contributed by atoms with Crippen LogP contribution in [0.2, 0.25) is 0 Å². The van der Waals surface area contributed by atoms with E-state index >= 15 is 0 Å². The Morgan fingerprint density at radius 1 is 1.11 bits per heavy atom. The Balaban J connectivity index is 2.42. The molecule has 1 fully saturated rings. The zero-order valence-corrected chi connectivity index (χ0v) is 12.8. The largest absolute Gasteiger partial charge is 0.298 e. The summed E-state index contributed by atoms with van der Waals surface area (Å²) in [6.45, 7) is 10.4. The summed E-state index contributed by atoms with van der Waals surface area (Å²) in [6.07, 6.45) is 8.72. The molecule has 106 valence electrons. The number of carbonyl (C=O) groups excluding carboxylic acids is 1. The van der Waals surface area contributed by atoms with E-state index in [4.69, 9.17) is 0 Å². The lowest BCUT2D eigenvalue weighted by atomic mass is 9.83. The molecule has 0 spiro atoms. The summed E-state index contributed by atoms with van der Waals surface area (Å²) in [5.74, 6) is 1.24. The molecule has 0 amide bonds. The van der Waals surface area contributed by atoms with E-state index in [1.54, 1.807) is 0 Å². The highest BCUT2D eigenvalue weighted by Crippen LogP contribution is 2.28. The maximum Gasteiger partial charge on any atom is 0.152 e. The van der Waals surface area contributed by atoms with Gasteiger partial charge < -0.3 is 0 Å². The molecule has 2 heteroatoms. The second-order valence-electron chi connectivity index (χ2n) is 6.20. The van der Waals surface area contributed by atoms with Gasteiger partial charge in [0.1, 0.15) is 0 Å². The fourth-order valence-electron chi connectivity index (χ4n) is 3.31. The smallest absolute Gasteiger partial charge is 0.152 e. The average Bonchev–Trinajstić information content (AvgIpc) is 2.38. The van der Waals surface area contributed by atoms with Crippen LogP contribution < -0.4 is 0 Å². The van der Waals surface area contributed by atoms with Crippen LogP contribution in [0.5, 0.6) is 0 Å².